The molecule has 128 valence electrons. The Morgan fingerprint density at radius 1 is 1.23 bits per heavy atom. The maximum absolute atomic E-state index is 12.6. The number of ether oxygens (including phenoxy) is 1. The molecule has 4 heteroatoms. The Kier molecular flexibility index (Phi) is 5.10. The van der Waals surface area contributed by atoms with Crippen LogP contribution in [0.3, 0.4) is 0 Å². The van der Waals surface area contributed by atoms with Crippen LogP contribution in [0.25, 0.3) is 0 Å². The molecule has 2 aliphatic heterocycles. The summed E-state index contributed by atoms with van der Waals surface area (Å²) in [4.78, 5) is 14.5. The minimum Gasteiger partial charge on any atom is -0.444 e. The first-order chi connectivity index (χ1) is 10.2. The van der Waals surface area contributed by atoms with Gasteiger partial charge in [-0.05, 0) is 58.8 Å². The lowest BCUT2D eigenvalue weighted by Crippen LogP contribution is -2.62. The number of carbonyl (C=O) groups excluding carboxylic acids is 1. The Balaban J connectivity index is 2.16. The Hall–Kier alpha value is -0.770. The van der Waals surface area contributed by atoms with E-state index in [-0.39, 0.29) is 18.2 Å². The van der Waals surface area contributed by atoms with Gasteiger partial charge in [-0.15, -0.1) is 0 Å². The molecule has 2 unspecified atom stereocenters. The van der Waals surface area contributed by atoms with E-state index in [0.29, 0.717) is 18.8 Å². The zero-order valence-electron chi connectivity index (χ0n) is 14.9. The van der Waals surface area contributed by atoms with Crippen LogP contribution in [-0.4, -0.2) is 39.4 Å². The molecular weight excluding hydrogens is 278 g/mol. The molecule has 0 saturated carbocycles. The summed E-state index contributed by atoms with van der Waals surface area (Å²) in [7, 11) is 0. The molecule has 0 spiro atoms. The molecule has 0 radical (unpaired) electrons. The molecule has 22 heavy (non-hydrogen) atoms. The van der Waals surface area contributed by atoms with Crippen LogP contribution in [0.4, 0.5) is 4.79 Å². The van der Waals surface area contributed by atoms with Crippen molar-refractivity contribution in [1.29, 1.82) is 0 Å². The van der Waals surface area contributed by atoms with E-state index in [4.69, 9.17) is 4.74 Å². The van der Waals surface area contributed by atoms with Gasteiger partial charge in [0.05, 0.1) is 5.60 Å². The van der Waals surface area contributed by atoms with Gasteiger partial charge in [0.2, 0.25) is 0 Å². The Bertz CT molecular complexity index is 384. The summed E-state index contributed by atoms with van der Waals surface area (Å²) in [6.45, 7) is 10.0. The van der Waals surface area contributed by atoms with Crippen LogP contribution < -0.4 is 0 Å². The molecule has 2 rings (SSSR count). The monoisotopic (exact) mass is 311 g/mol. The van der Waals surface area contributed by atoms with Crippen molar-refractivity contribution in [3.05, 3.63) is 0 Å². The quantitative estimate of drug-likeness (QED) is 0.853. The summed E-state index contributed by atoms with van der Waals surface area (Å²) in [6, 6.07) is 0.265. The van der Waals surface area contributed by atoms with E-state index in [0.717, 1.165) is 32.1 Å². The first kappa shape index (κ1) is 17.6. The molecule has 2 aliphatic rings. The highest BCUT2D eigenvalue weighted by molar-refractivity contribution is 5.69. The molecular formula is C18H33NO3. The molecule has 1 amide bonds. The number of amides is 1. The minimum absolute atomic E-state index is 0.132. The van der Waals surface area contributed by atoms with Crippen LogP contribution in [0.1, 0.15) is 79.6 Å². The van der Waals surface area contributed by atoms with E-state index in [1.807, 2.05) is 25.7 Å². The predicted molar refractivity (Wildman–Crippen MR) is 87.8 cm³/mol. The van der Waals surface area contributed by atoms with Crippen LogP contribution in [0.2, 0.25) is 0 Å². The highest BCUT2D eigenvalue weighted by atomic mass is 16.6. The summed E-state index contributed by atoms with van der Waals surface area (Å²) in [5.41, 5.74) is -1.08. The van der Waals surface area contributed by atoms with Gasteiger partial charge in [-0.25, -0.2) is 4.79 Å². The van der Waals surface area contributed by atoms with E-state index < -0.39 is 11.2 Å². The third-order valence-corrected chi connectivity index (χ3v) is 5.39. The molecule has 2 saturated heterocycles. The number of rotatable bonds is 3. The summed E-state index contributed by atoms with van der Waals surface area (Å²) >= 11 is 0. The van der Waals surface area contributed by atoms with Crippen molar-refractivity contribution in [1.82, 2.24) is 4.90 Å². The van der Waals surface area contributed by atoms with Crippen molar-refractivity contribution in [2.75, 3.05) is 0 Å². The van der Waals surface area contributed by atoms with E-state index in [2.05, 4.69) is 13.8 Å². The minimum atomic E-state index is -0.613. The lowest BCUT2D eigenvalue weighted by molar-refractivity contribution is -0.121. The fourth-order valence-electron chi connectivity index (χ4n) is 4.46. The molecule has 2 heterocycles. The fourth-order valence-corrected chi connectivity index (χ4v) is 4.46. The third-order valence-electron chi connectivity index (χ3n) is 5.39. The van der Waals surface area contributed by atoms with Crippen molar-refractivity contribution in [2.24, 2.45) is 5.92 Å². The van der Waals surface area contributed by atoms with Crippen LogP contribution in [0, 0.1) is 5.92 Å². The summed E-state index contributed by atoms with van der Waals surface area (Å²) in [5, 5.41) is 11.2. The average Bonchev–Trinajstić information content (AvgIpc) is 2.36. The highest BCUT2D eigenvalue weighted by Gasteiger charge is 2.50. The second-order valence-electron chi connectivity index (χ2n) is 8.15. The molecule has 0 aromatic rings. The van der Waals surface area contributed by atoms with Gasteiger partial charge in [0.15, 0.2) is 0 Å². The van der Waals surface area contributed by atoms with Crippen molar-refractivity contribution in [2.45, 2.75) is 103 Å². The summed E-state index contributed by atoms with van der Waals surface area (Å²) in [6.07, 6.45) is 6.32. The van der Waals surface area contributed by atoms with E-state index in [1.54, 1.807) is 0 Å². The number of hydrogen-bond donors (Lipinski definition) is 1. The van der Waals surface area contributed by atoms with Gasteiger partial charge in [-0.2, -0.15) is 0 Å². The maximum Gasteiger partial charge on any atom is 0.410 e. The largest absolute Gasteiger partial charge is 0.444 e. The van der Waals surface area contributed by atoms with Gasteiger partial charge >= 0.3 is 6.09 Å². The van der Waals surface area contributed by atoms with Gasteiger partial charge in [0.25, 0.3) is 0 Å². The smallest absolute Gasteiger partial charge is 0.410 e. The van der Waals surface area contributed by atoms with Crippen molar-refractivity contribution in [3.8, 4) is 0 Å². The fraction of sp³-hybridized carbons (Fsp3) is 0.944. The van der Waals surface area contributed by atoms with Crippen molar-refractivity contribution < 1.29 is 14.6 Å². The normalized spacial score (nSPS) is 32.2. The van der Waals surface area contributed by atoms with Crippen molar-refractivity contribution >= 4 is 6.09 Å². The van der Waals surface area contributed by atoms with E-state index in [1.165, 1.54) is 0 Å². The number of carbonyl (C=O) groups is 1. The summed E-state index contributed by atoms with van der Waals surface area (Å²) in [5.74, 6) is 0.330. The van der Waals surface area contributed by atoms with Crippen molar-refractivity contribution in [3.63, 3.8) is 0 Å². The van der Waals surface area contributed by atoms with Crippen LogP contribution in [0.5, 0.6) is 0 Å². The molecule has 0 aromatic carbocycles. The van der Waals surface area contributed by atoms with Gasteiger partial charge in [-0.1, -0.05) is 26.7 Å². The SMILES string of the molecule is CCC(CC)C1(O)CC2CCCC(C1)N2C(=O)OC(C)(C)C. The Morgan fingerprint density at radius 2 is 1.73 bits per heavy atom. The van der Waals surface area contributed by atoms with Gasteiger partial charge < -0.3 is 14.7 Å². The molecule has 1 N–H and O–H groups in total. The number of fused-ring (bicyclic) bond motifs is 2. The first-order valence-electron chi connectivity index (χ1n) is 8.94. The number of piperidine rings is 2. The molecule has 4 nitrogen and oxygen atoms in total. The predicted octanol–water partition coefficient (Wildman–Crippen LogP) is 4.11. The van der Waals surface area contributed by atoms with Gasteiger partial charge in [-0.3, -0.25) is 0 Å². The Labute approximate surface area is 135 Å². The van der Waals surface area contributed by atoms with E-state index in [9.17, 15) is 9.90 Å². The lowest BCUT2D eigenvalue weighted by atomic mass is 9.68. The third kappa shape index (κ3) is 3.58. The van der Waals surface area contributed by atoms with E-state index >= 15 is 0 Å². The Morgan fingerprint density at radius 3 is 2.14 bits per heavy atom. The molecule has 2 fully saturated rings. The number of aliphatic hydroxyl groups is 1. The summed E-state index contributed by atoms with van der Waals surface area (Å²) < 4.78 is 5.60. The second kappa shape index (κ2) is 6.38. The average molecular weight is 311 g/mol. The molecule has 0 aromatic heterocycles. The highest BCUT2D eigenvalue weighted by Crippen LogP contribution is 2.44. The standard InChI is InChI=1S/C18H33NO3/c1-6-13(7-2)18(21)11-14-9-8-10-15(12-18)19(14)16(20)22-17(3,4)5/h13-15,21H,6-12H2,1-5H3. The second-order valence-corrected chi connectivity index (χ2v) is 8.15. The maximum atomic E-state index is 12.6. The topological polar surface area (TPSA) is 49.8 Å². The molecule has 2 bridgehead atoms. The zero-order chi connectivity index (χ0) is 16.5. The molecule has 0 aliphatic carbocycles. The van der Waals surface area contributed by atoms with Crippen LogP contribution >= 0.6 is 0 Å². The lowest BCUT2D eigenvalue weighted by Gasteiger charge is -2.53. The number of hydrogen-bond acceptors (Lipinski definition) is 3. The first-order valence-corrected chi connectivity index (χ1v) is 8.94. The van der Waals surface area contributed by atoms with Crippen LogP contribution in [0.15, 0.2) is 0 Å². The van der Waals surface area contributed by atoms with Gasteiger partial charge in [0, 0.05) is 12.1 Å². The van der Waals surface area contributed by atoms with Gasteiger partial charge in [0.1, 0.15) is 5.60 Å². The zero-order valence-corrected chi connectivity index (χ0v) is 14.9. The number of nitrogens with zero attached hydrogens (tertiary/aromatic N) is 1. The van der Waals surface area contributed by atoms with Crippen LogP contribution in [-0.2, 0) is 4.74 Å². The molecule has 2 atom stereocenters.